The molecule has 3 aromatic rings. The number of benzene rings is 2. The summed E-state index contributed by atoms with van der Waals surface area (Å²) in [4.78, 5) is 32.0. The number of esters is 1. The van der Waals surface area contributed by atoms with E-state index in [2.05, 4.69) is 11.6 Å². The normalized spacial score (nSPS) is 15.0. The predicted octanol–water partition coefficient (Wildman–Crippen LogP) is 3.69. The second-order valence-electron chi connectivity index (χ2n) is 8.54. The number of hydrogen-bond donors (Lipinski definition) is 0. The van der Waals surface area contributed by atoms with E-state index < -0.39 is 12.0 Å². The van der Waals surface area contributed by atoms with Gasteiger partial charge in [0.25, 0.3) is 5.56 Å². The van der Waals surface area contributed by atoms with Gasteiger partial charge in [0.15, 0.2) is 16.3 Å². The topological polar surface area (TPSA) is 88.4 Å². The second-order valence-corrected chi connectivity index (χ2v) is 9.55. The molecule has 1 aliphatic heterocycles. The first kappa shape index (κ1) is 26.9. The Bertz CT molecular complexity index is 1600. The smallest absolute Gasteiger partial charge is 0.338 e. The van der Waals surface area contributed by atoms with Gasteiger partial charge in [-0.05, 0) is 61.7 Å². The molecule has 0 saturated heterocycles. The maximum Gasteiger partial charge on any atom is 0.338 e. The number of carbonyl (C=O) groups excluding carboxylic acids is 1. The van der Waals surface area contributed by atoms with E-state index in [1.807, 2.05) is 31.2 Å². The Morgan fingerprint density at radius 2 is 1.87 bits per heavy atom. The fourth-order valence-electron chi connectivity index (χ4n) is 4.31. The monoisotopic (exact) mass is 534 g/mol. The van der Waals surface area contributed by atoms with Crippen molar-refractivity contribution in [3.63, 3.8) is 0 Å². The first-order valence-corrected chi connectivity index (χ1v) is 12.9. The number of carbonyl (C=O) groups is 1. The number of methoxy groups -OCH3 is 2. The zero-order chi connectivity index (χ0) is 27.4. The second kappa shape index (κ2) is 11.5. The van der Waals surface area contributed by atoms with E-state index in [0.717, 1.165) is 16.7 Å². The average molecular weight is 535 g/mol. The number of nitrogens with zero attached hydrogens (tertiary/aromatic N) is 2. The van der Waals surface area contributed by atoms with Crippen LogP contribution in [0.1, 0.15) is 36.6 Å². The molecule has 1 aliphatic rings. The quantitative estimate of drug-likeness (QED) is 0.307. The van der Waals surface area contributed by atoms with Crippen molar-refractivity contribution in [1.82, 2.24) is 4.57 Å². The molecule has 0 aliphatic carbocycles. The van der Waals surface area contributed by atoms with Crippen molar-refractivity contribution in [3.8, 4) is 17.2 Å². The Morgan fingerprint density at radius 1 is 1.11 bits per heavy atom. The summed E-state index contributed by atoms with van der Waals surface area (Å²) >= 11 is 1.26. The van der Waals surface area contributed by atoms with Gasteiger partial charge < -0.3 is 18.9 Å². The molecule has 1 atom stereocenters. The molecule has 4 rings (SSSR count). The minimum absolute atomic E-state index is 0.207. The van der Waals surface area contributed by atoms with Gasteiger partial charge in [0, 0.05) is 0 Å². The zero-order valence-corrected chi connectivity index (χ0v) is 22.9. The lowest BCUT2D eigenvalue weighted by molar-refractivity contribution is -0.139. The number of hydrogen-bond acceptors (Lipinski definition) is 8. The van der Waals surface area contributed by atoms with Crippen molar-refractivity contribution in [2.45, 2.75) is 26.8 Å². The Kier molecular flexibility index (Phi) is 8.16. The van der Waals surface area contributed by atoms with E-state index in [4.69, 9.17) is 18.9 Å². The summed E-state index contributed by atoms with van der Waals surface area (Å²) in [5, 5.41) is 0. The van der Waals surface area contributed by atoms with Crippen LogP contribution in [-0.2, 0) is 9.53 Å². The van der Waals surface area contributed by atoms with Gasteiger partial charge in [-0.3, -0.25) is 9.36 Å². The fourth-order valence-corrected chi connectivity index (χ4v) is 5.35. The Labute approximate surface area is 224 Å². The van der Waals surface area contributed by atoms with Crippen LogP contribution in [0, 0.1) is 6.92 Å². The van der Waals surface area contributed by atoms with Crippen LogP contribution in [-0.4, -0.2) is 38.0 Å². The summed E-state index contributed by atoms with van der Waals surface area (Å²) in [6.45, 7) is 9.66. The number of aryl methyl sites for hydroxylation is 1. The van der Waals surface area contributed by atoms with E-state index in [0.29, 0.717) is 44.5 Å². The Hall–Kier alpha value is -4.11. The van der Waals surface area contributed by atoms with E-state index in [9.17, 15) is 9.59 Å². The van der Waals surface area contributed by atoms with Crippen molar-refractivity contribution < 1.29 is 23.7 Å². The molecule has 38 heavy (non-hydrogen) atoms. The van der Waals surface area contributed by atoms with Crippen LogP contribution in [0.15, 0.2) is 70.1 Å². The van der Waals surface area contributed by atoms with E-state index >= 15 is 0 Å². The SMILES string of the molecule is C=CCOc1ccc(/C=c2/sc3n(c2=O)C(c2ccc(C)c(OC)c2)C(C(=O)OCC)=C(C)N=3)cc1OC. The number of allylic oxidation sites excluding steroid dienone is 1. The van der Waals surface area contributed by atoms with E-state index in [1.165, 1.54) is 11.3 Å². The van der Waals surface area contributed by atoms with Gasteiger partial charge in [0.05, 0.1) is 42.7 Å². The number of aromatic nitrogens is 1. The zero-order valence-electron chi connectivity index (χ0n) is 22.1. The van der Waals surface area contributed by atoms with Crippen LogP contribution in [0.4, 0.5) is 0 Å². The third-order valence-corrected chi connectivity index (χ3v) is 7.09. The number of ether oxygens (including phenoxy) is 4. The van der Waals surface area contributed by atoms with Gasteiger partial charge in [0.2, 0.25) is 0 Å². The van der Waals surface area contributed by atoms with Gasteiger partial charge in [-0.25, -0.2) is 9.79 Å². The largest absolute Gasteiger partial charge is 0.496 e. The highest BCUT2D eigenvalue weighted by Crippen LogP contribution is 2.33. The number of rotatable bonds is 9. The molecule has 1 aromatic heterocycles. The minimum atomic E-state index is -0.717. The molecule has 0 amide bonds. The summed E-state index contributed by atoms with van der Waals surface area (Å²) in [5.74, 6) is 1.27. The summed E-state index contributed by atoms with van der Waals surface area (Å²) < 4.78 is 24.0. The standard InChI is InChI=1S/C29H30N2O6S/c1-7-13-37-21-12-10-19(14-23(21)35-6)15-24-27(32)31-26(20-11-9-17(3)22(16-20)34-5)25(28(33)36-8-2)18(4)30-29(31)38-24/h7,9-12,14-16,26H,1,8,13H2,2-6H3/b24-15+. The molecule has 0 N–H and O–H groups in total. The summed E-state index contributed by atoms with van der Waals surface area (Å²) in [5.41, 5.74) is 2.99. The van der Waals surface area contributed by atoms with Crippen molar-refractivity contribution in [2.24, 2.45) is 4.99 Å². The fraction of sp³-hybridized carbons (Fsp3) is 0.276. The highest BCUT2D eigenvalue weighted by Gasteiger charge is 2.33. The molecule has 0 radical (unpaired) electrons. The molecule has 8 nitrogen and oxygen atoms in total. The molecule has 2 heterocycles. The third-order valence-electron chi connectivity index (χ3n) is 6.11. The maximum absolute atomic E-state index is 13.8. The molecule has 9 heteroatoms. The predicted molar refractivity (Wildman–Crippen MR) is 147 cm³/mol. The Morgan fingerprint density at radius 3 is 2.55 bits per heavy atom. The molecular formula is C29H30N2O6S. The van der Waals surface area contributed by atoms with Gasteiger partial charge in [-0.2, -0.15) is 0 Å². The average Bonchev–Trinajstić information content (AvgIpc) is 3.21. The molecule has 2 aromatic carbocycles. The summed E-state index contributed by atoms with van der Waals surface area (Å²) in [6.07, 6.45) is 3.43. The first-order valence-electron chi connectivity index (χ1n) is 12.1. The van der Waals surface area contributed by atoms with Crippen LogP contribution in [0.25, 0.3) is 6.08 Å². The van der Waals surface area contributed by atoms with Gasteiger partial charge in [0.1, 0.15) is 12.4 Å². The molecule has 0 spiro atoms. The van der Waals surface area contributed by atoms with Crippen LogP contribution >= 0.6 is 11.3 Å². The number of thiazole rings is 1. The number of fused-ring (bicyclic) bond motifs is 1. The molecule has 0 bridgehead atoms. The summed E-state index contributed by atoms with van der Waals surface area (Å²) in [7, 11) is 3.15. The van der Waals surface area contributed by atoms with Crippen LogP contribution < -0.4 is 29.1 Å². The van der Waals surface area contributed by atoms with Gasteiger partial charge in [-0.1, -0.05) is 42.2 Å². The van der Waals surface area contributed by atoms with Crippen molar-refractivity contribution >= 4 is 23.4 Å². The molecule has 0 fully saturated rings. The third kappa shape index (κ3) is 5.15. The lowest BCUT2D eigenvalue weighted by Crippen LogP contribution is -2.40. The van der Waals surface area contributed by atoms with Crippen molar-refractivity contribution in [1.29, 1.82) is 0 Å². The van der Waals surface area contributed by atoms with Crippen LogP contribution in [0.5, 0.6) is 17.2 Å². The highest BCUT2D eigenvalue weighted by molar-refractivity contribution is 7.07. The molecule has 198 valence electrons. The van der Waals surface area contributed by atoms with E-state index in [-0.39, 0.29) is 12.2 Å². The molecular weight excluding hydrogens is 504 g/mol. The summed E-state index contributed by atoms with van der Waals surface area (Å²) in [6, 6.07) is 10.4. The highest BCUT2D eigenvalue weighted by atomic mass is 32.1. The maximum atomic E-state index is 13.8. The molecule has 1 unspecified atom stereocenters. The van der Waals surface area contributed by atoms with Gasteiger partial charge in [-0.15, -0.1) is 0 Å². The van der Waals surface area contributed by atoms with Crippen molar-refractivity contribution in [3.05, 3.63) is 96.7 Å². The lowest BCUT2D eigenvalue weighted by Gasteiger charge is -2.25. The Balaban J connectivity index is 1.90. The van der Waals surface area contributed by atoms with Gasteiger partial charge >= 0.3 is 5.97 Å². The van der Waals surface area contributed by atoms with E-state index in [1.54, 1.807) is 56.9 Å². The molecule has 0 saturated carbocycles. The van der Waals surface area contributed by atoms with Crippen LogP contribution in [0.2, 0.25) is 0 Å². The first-order chi connectivity index (χ1) is 18.3. The minimum Gasteiger partial charge on any atom is -0.496 e. The van der Waals surface area contributed by atoms with Crippen molar-refractivity contribution in [2.75, 3.05) is 27.4 Å². The lowest BCUT2D eigenvalue weighted by atomic mass is 9.95. The van der Waals surface area contributed by atoms with Crippen LogP contribution in [0.3, 0.4) is 0 Å².